The molecule has 5 heteroatoms. The second-order valence-corrected chi connectivity index (χ2v) is 5.53. The van der Waals surface area contributed by atoms with Crippen LogP contribution in [-0.4, -0.2) is 36.0 Å². The fourth-order valence-corrected chi connectivity index (χ4v) is 2.74. The van der Waals surface area contributed by atoms with Gasteiger partial charge in [0.1, 0.15) is 24.6 Å². The van der Waals surface area contributed by atoms with Crippen LogP contribution in [0.3, 0.4) is 0 Å². The first-order chi connectivity index (χ1) is 9.46. The Kier molecular flexibility index (Phi) is 3.25. The molecule has 2 saturated heterocycles. The van der Waals surface area contributed by atoms with Crippen LogP contribution in [0.25, 0.3) is 0 Å². The molecule has 110 valence electrons. The summed E-state index contributed by atoms with van der Waals surface area (Å²) in [5.74, 6) is -1.03. The molecule has 1 aromatic carbocycles. The summed E-state index contributed by atoms with van der Waals surface area (Å²) in [5.41, 5.74) is 0.882. The Morgan fingerprint density at radius 2 is 2.00 bits per heavy atom. The maximum Gasteiger partial charge on any atom is 0.197 e. The van der Waals surface area contributed by atoms with Crippen molar-refractivity contribution in [1.29, 1.82) is 0 Å². The van der Waals surface area contributed by atoms with E-state index in [0.29, 0.717) is 13.2 Å². The molecular weight excluding hydrogens is 260 g/mol. The first-order valence-corrected chi connectivity index (χ1v) is 6.88. The van der Waals surface area contributed by atoms with E-state index in [2.05, 4.69) is 0 Å². The molecule has 0 aromatic heterocycles. The predicted molar refractivity (Wildman–Crippen MR) is 71.3 cm³/mol. The van der Waals surface area contributed by atoms with Gasteiger partial charge in [-0.2, -0.15) is 0 Å². The lowest BCUT2D eigenvalue weighted by Gasteiger charge is -2.42. The van der Waals surface area contributed by atoms with Gasteiger partial charge in [0.15, 0.2) is 11.6 Å². The largest absolute Gasteiger partial charge is 0.494 e. The zero-order chi connectivity index (χ0) is 14.4. The third-order valence-corrected chi connectivity index (χ3v) is 3.76. The normalized spacial score (nSPS) is 39.8. The highest BCUT2D eigenvalue weighted by Gasteiger charge is 2.58. The van der Waals surface area contributed by atoms with Crippen molar-refractivity contribution in [3.8, 4) is 5.75 Å². The lowest BCUT2D eigenvalue weighted by atomic mass is 9.97. The summed E-state index contributed by atoms with van der Waals surface area (Å²) in [6, 6.07) is 7.54. The van der Waals surface area contributed by atoms with Gasteiger partial charge in [0, 0.05) is 0 Å². The maximum absolute atomic E-state index is 10.4. The Bertz CT molecular complexity index is 488. The highest BCUT2D eigenvalue weighted by molar-refractivity contribution is 5.30. The van der Waals surface area contributed by atoms with Crippen LogP contribution < -0.4 is 4.74 Å². The molecule has 2 fully saturated rings. The fraction of sp³-hybridized carbons (Fsp3) is 0.600. The van der Waals surface area contributed by atoms with Crippen molar-refractivity contribution in [2.75, 3.05) is 13.2 Å². The molecule has 0 unspecified atom stereocenters. The van der Waals surface area contributed by atoms with Crippen LogP contribution >= 0.6 is 0 Å². The minimum Gasteiger partial charge on any atom is -0.494 e. The molecule has 0 amide bonds. The van der Waals surface area contributed by atoms with Crippen LogP contribution in [0, 0.1) is 0 Å². The molecule has 3 rings (SSSR count). The zero-order valence-corrected chi connectivity index (χ0v) is 12.0. The Morgan fingerprint density at radius 3 is 2.65 bits per heavy atom. The molecule has 4 atom stereocenters. The van der Waals surface area contributed by atoms with E-state index in [9.17, 15) is 5.11 Å². The second-order valence-electron chi connectivity index (χ2n) is 5.53. The topological polar surface area (TPSA) is 57.2 Å². The van der Waals surface area contributed by atoms with Crippen LogP contribution in [-0.2, 0) is 14.2 Å². The minimum atomic E-state index is -1.02. The van der Waals surface area contributed by atoms with Crippen molar-refractivity contribution in [3.05, 3.63) is 29.8 Å². The van der Waals surface area contributed by atoms with Gasteiger partial charge in [0.05, 0.1) is 6.61 Å². The first-order valence-electron chi connectivity index (χ1n) is 6.88. The maximum atomic E-state index is 10.4. The monoisotopic (exact) mass is 280 g/mol. The highest BCUT2D eigenvalue weighted by Crippen LogP contribution is 2.47. The smallest absolute Gasteiger partial charge is 0.197 e. The van der Waals surface area contributed by atoms with Crippen LogP contribution in [0.2, 0.25) is 0 Å². The summed E-state index contributed by atoms with van der Waals surface area (Å²) in [7, 11) is 0. The number of hydrogen-bond donors (Lipinski definition) is 1. The van der Waals surface area contributed by atoms with Gasteiger partial charge in [-0.05, 0) is 38.5 Å². The number of benzene rings is 1. The summed E-state index contributed by atoms with van der Waals surface area (Å²) in [5, 5.41) is 10.4. The lowest BCUT2D eigenvalue weighted by Crippen LogP contribution is -2.53. The van der Waals surface area contributed by atoms with Crippen molar-refractivity contribution in [1.82, 2.24) is 0 Å². The highest BCUT2D eigenvalue weighted by atomic mass is 16.9. The Balaban J connectivity index is 1.86. The Hall–Kier alpha value is -1.14. The first kappa shape index (κ1) is 13.8. The van der Waals surface area contributed by atoms with Crippen molar-refractivity contribution < 1.29 is 24.1 Å². The average Bonchev–Trinajstić information content (AvgIpc) is 2.70. The lowest BCUT2D eigenvalue weighted by molar-refractivity contribution is -0.359. The van der Waals surface area contributed by atoms with Crippen molar-refractivity contribution in [3.63, 3.8) is 0 Å². The molecule has 2 aliphatic rings. The Labute approximate surface area is 118 Å². The van der Waals surface area contributed by atoms with Gasteiger partial charge in [0.2, 0.25) is 0 Å². The number of aliphatic hydroxyl groups excluding tert-OH is 1. The molecule has 0 radical (unpaired) electrons. The van der Waals surface area contributed by atoms with Gasteiger partial charge >= 0.3 is 0 Å². The van der Waals surface area contributed by atoms with Gasteiger partial charge in [-0.15, -0.1) is 0 Å². The zero-order valence-electron chi connectivity index (χ0n) is 12.0. The van der Waals surface area contributed by atoms with E-state index in [1.165, 1.54) is 0 Å². The van der Waals surface area contributed by atoms with Crippen LogP contribution in [0.5, 0.6) is 5.75 Å². The van der Waals surface area contributed by atoms with Gasteiger partial charge in [0.25, 0.3) is 0 Å². The predicted octanol–water partition coefficient (Wildman–Crippen LogP) is 2.00. The molecule has 2 aliphatic heterocycles. The summed E-state index contributed by atoms with van der Waals surface area (Å²) in [6.45, 7) is 6.45. The van der Waals surface area contributed by atoms with Gasteiger partial charge in [-0.1, -0.05) is 12.1 Å². The van der Waals surface area contributed by atoms with E-state index in [4.69, 9.17) is 18.9 Å². The van der Waals surface area contributed by atoms with Crippen molar-refractivity contribution in [2.24, 2.45) is 0 Å². The minimum absolute atomic E-state index is 0.314. The number of ether oxygens (including phenoxy) is 4. The Morgan fingerprint density at radius 1 is 1.30 bits per heavy atom. The van der Waals surface area contributed by atoms with Crippen molar-refractivity contribution >= 4 is 0 Å². The molecule has 20 heavy (non-hydrogen) atoms. The summed E-state index contributed by atoms with van der Waals surface area (Å²) in [4.78, 5) is 0. The van der Waals surface area contributed by atoms with E-state index >= 15 is 0 Å². The van der Waals surface area contributed by atoms with E-state index in [0.717, 1.165) is 11.3 Å². The molecule has 1 aromatic rings. The number of hydrogen-bond acceptors (Lipinski definition) is 5. The van der Waals surface area contributed by atoms with Crippen LogP contribution in [0.4, 0.5) is 0 Å². The van der Waals surface area contributed by atoms with Gasteiger partial charge in [-0.3, -0.25) is 0 Å². The van der Waals surface area contributed by atoms with E-state index < -0.39 is 23.8 Å². The van der Waals surface area contributed by atoms with Gasteiger partial charge in [-0.25, -0.2) is 0 Å². The van der Waals surface area contributed by atoms with Crippen LogP contribution in [0.15, 0.2) is 24.3 Å². The van der Waals surface area contributed by atoms with E-state index in [-0.39, 0.29) is 0 Å². The fourth-order valence-electron chi connectivity index (χ4n) is 2.74. The number of rotatable bonds is 3. The molecule has 1 N–H and O–H groups in total. The quantitative estimate of drug-likeness (QED) is 0.917. The number of fused-ring (bicyclic) bond motifs is 2. The summed E-state index contributed by atoms with van der Waals surface area (Å²) >= 11 is 0. The summed E-state index contributed by atoms with van der Waals surface area (Å²) in [6.07, 6.45) is -1.35. The molecular formula is C15H20O5. The third kappa shape index (κ3) is 2.20. The second kappa shape index (κ2) is 4.70. The number of aliphatic hydroxyl groups is 1. The molecule has 0 spiro atoms. The third-order valence-electron chi connectivity index (χ3n) is 3.76. The average molecular weight is 280 g/mol. The molecule has 2 heterocycles. The van der Waals surface area contributed by atoms with Crippen LogP contribution in [0.1, 0.15) is 32.4 Å². The molecule has 0 aliphatic carbocycles. The van der Waals surface area contributed by atoms with Gasteiger partial charge < -0.3 is 24.1 Å². The SMILES string of the molecule is CCOc1ccc([C@H]2O[C@@]3(C)CO[C@@](C)(O3)[C@H]2O)cc1. The van der Waals surface area contributed by atoms with Crippen molar-refractivity contribution in [2.45, 2.75) is 44.6 Å². The molecule has 2 bridgehead atoms. The summed E-state index contributed by atoms with van der Waals surface area (Å²) < 4.78 is 22.6. The van der Waals surface area contributed by atoms with E-state index in [1.807, 2.05) is 38.1 Å². The van der Waals surface area contributed by atoms with E-state index in [1.54, 1.807) is 6.92 Å². The standard InChI is InChI=1S/C15H20O5/c1-4-17-11-7-5-10(6-8-11)12-13(16)15(3)18-9-14(2,19-12)20-15/h5-8,12-13,16H,4,9H2,1-3H3/t12-,13+,14-,15+/m1/s1. The molecule has 0 saturated carbocycles. The molecule has 5 nitrogen and oxygen atoms in total.